The van der Waals surface area contributed by atoms with E-state index in [0.717, 1.165) is 0 Å². The average Bonchev–Trinajstić information content (AvgIpc) is 2.08. The highest BCUT2D eigenvalue weighted by molar-refractivity contribution is 5.86. The molecule has 66 valence electrons. The predicted octanol–water partition coefficient (Wildman–Crippen LogP) is -1.07. The summed E-state index contributed by atoms with van der Waals surface area (Å²) < 4.78 is 0. The van der Waals surface area contributed by atoms with Gasteiger partial charge >= 0.3 is 0 Å². The first-order valence-corrected chi connectivity index (χ1v) is 3.52. The fraction of sp³-hybridized carbons (Fsp3) is 0.857. The number of Topliss-reactive ketones (excluding diaryl/α,β-unsaturated/α-hetero) is 1. The molecular weight excluding hydrogens is 148 g/mol. The van der Waals surface area contributed by atoms with Gasteiger partial charge in [-0.1, -0.05) is 6.92 Å². The van der Waals surface area contributed by atoms with Crippen molar-refractivity contribution in [1.82, 2.24) is 0 Å². The Balaban J connectivity index is 4.39. The maximum atomic E-state index is 11.0. The highest BCUT2D eigenvalue weighted by atomic mass is 16.3. The second-order valence-corrected chi connectivity index (χ2v) is 2.53. The third-order valence-corrected chi connectivity index (χ3v) is 2.02. The molecule has 0 atom stereocenters. The molecule has 0 spiro atoms. The molecule has 0 radical (unpaired) electrons. The van der Waals surface area contributed by atoms with E-state index in [9.17, 15) is 4.79 Å². The summed E-state index contributed by atoms with van der Waals surface area (Å²) in [5, 5.41) is 26.1. The maximum Gasteiger partial charge on any atom is 0.168 e. The topological polar surface area (TPSA) is 77.8 Å². The molecule has 0 aliphatic rings. The van der Waals surface area contributed by atoms with Gasteiger partial charge in [0.1, 0.15) is 6.61 Å². The third-order valence-electron chi connectivity index (χ3n) is 2.02. The van der Waals surface area contributed by atoms with Crippen molar-refractivity contribution in [2.45, 2.75) is 13.3 Å². The number of hydrogen-bond donors (Lipinski definition) is 3. The predicted molar refractivity (Wildman–Crippen MR) is 39.0 cm³/mol. The Hall–Kier alpha value is -0.450. The zero-order chi connectivity index (χ0) is 8.91. The minimum atomic E-state index is -1.14. The number of aliphatic hydroxyl groups excluding tert-OH is 3. The van der Waals surface area contributed by atoms with E-state index in [0.29, 0.717) is 6.42 Å². The molecular formula is C7H14O4. The molecule has 0 aromatic carbocycles. The molecule has 0 saturated heterocycles. The molecule has 0 rings (SSSR count). The summed E-state index contributed by atoms with van der Waals surface area (Å²) in [7, 11) is 0. The summed E-state index contributed by atoms with van der Waals surface area (Å²) in [5.41, 5.74) is -1.14. The van der Waals surface area contributed by atoms with Crippen LogP contribution in [-0.2, 0) is 4.79 Å². The minimum absolute atomic E-state index is 0.333. The maximum absolute atomic E-state index is 11.0. The van der Waals surface area contributed by atoms with Crippen molar-refractivity contribution in [1.29, 1.82) is 0 Å². The lowest BCUT2D eigenvalue weighted by Crippen LogP contribution is -2.39. The first-order valence-electron chi connectivity index (χ1n) is 3.52. The van der Waals surface area contributed by atoms with E-state index in [1.54, 1.807) is 6.92 Å². The fourth-order valence-electron chi connectivity index (χ4n) is 0.815. The summed E-state index contributed by atoms with van der Waals surface area (Å²) in [6.07, 6.45) is 0.333. The Kier molecular flexibility index (Phi) is 4.25. The smallest absolute Gasteiger partial charge is 0.168 e. The SMILES string of the molecule is CCC(CO)(CO)C(=O)CO. The van der Waals surface area contributed by atoms with E-state index in [-0.39, 0.29) is 0 Å². The molecule has 0 saturated carbocycles. The van der Waals surface area contributed by atoms with E-state index >= 15 is 0 Å². The fourth-order valence-corrected chi connectivity index (χ4v) is 0.815. The van der Waals surface area contributed by atoms with Crippen LogP contribution in [0.4, 0.5) is 0 Å². The van der Waals surface area contributed by atoms with Crippen molar-refractivity contribution in [2.24, 2.45) is 5.41 Å². The van der Waals surface area contributed by atoms with E-state index in [1.807, 2.05) is 0 Å². The lowest BCUT2D eigenvalue weighted by Gasteiger charge is -2.25. The van der Waals surface area contributed by atoms with Crippen molar-refractivity contribution >= 4 is 5.78 Å². The van der Waals surface area contributed by atoms with Crippen LogP contribution >= 0.6 is 0 Å². The molecule has 0 aromatic heterocycles. The largest absolute Gasteiger partial charge is 0.395 e. The number of carbonyl (C=O) groups is 1. The Morgan fingerprint density at radius 3 is 1.82 bits per heavy atom. The highest BCUT2D eigenvalue weighted by Gasteiger charge is 2.34. The zero-order valence-electron chi connectivity index (χ0n) is 6.58. The Bertz CT molecular complexity index is 120. The van der Waals surface area contributed by atoms with Gasteiger partial charge in [-0.3, -0.25) is 4.79 Å². The van der Waals surface area contributed by atoms with Crippen LogP contribution in [0.2, 0.25) is 0 Å². The molecule has 0 bridgehead atoms. The lowest BCUT2D eigenvalue weighted by atomic mass is 9.83. The molecule has 0 aromatic rings. The molecule has 3 N–H and O–H groups in total. The van der Waals surface area contributed by atoms with Gasteiger partial charge in [0.05, 0.1) is 18.6 Å². The van der Waals surface area contributed by atoms with Crippen LogP contribution in [0.15, 0.2) is 0 Å². The second kappa shape index (κ2) is 4.43. The van der Waals surface area contributed by atoms with E-state index in [4.69, 9.17) is 15.3 Å². The first-order chi connectivity index (χ1) is 5.16. The summed E-state index contributed by atoms with van der Waals surface area (Å²) >= 11 is 0. The van der Waals surface area contributed by atoms with Crippen LogP contribution in [0.5, 0.6) is 0 Å². The minimum Gasteiger partial charge on any atom is -0.395 e. The lowest BCUT2D eigenvalue weighted by molar-refractivity contribution is -0.137. The molecule has 0 amide bonds. The van der Waals surface area contributed by atoms with Crippen molar-refractivity contribution in [2.75, 3.05) is 19.8 Å². The van der Waals surface area contributed by atoms with Crippen molar-refractivity contribution in [3.63, 3.8) is 0 Å². The molecule has 4 nitrogen and oxygen atoms in total. The standard InChI is InChI=1S/C7H14O4/c1-2-7(4-9,5-10)6(11)3-8/h8-10H,2-5H2,1H3. The number of hydrogen-bond acceptors (Lipinski definition) is 4. The quantitative estimate of drug-likeness (QED) is 0.481. The van der Waals surface area contributed by atoms with Gasteiger partial charge in [0.2, 0.25) is 0 Å². The van der Waals surface area contributed by atoms with Crippen LogP contribution in [0.25, 0.3) is 0 Å². The molecule has 0 aliphatic heterocycles. The van der Waals surface area contributed by atoms with Crippen LogP contribution in [0, 0.1) is 5.41 Å². The number of ketones is 1. The Labute approximate surface area is 65.5 Å². The van der Waals surface area contributed by atoms with Gasteiger partial charge in [-0.25, -0.2) is 0 Å². The van der Waals surface area contributed by atoms with E-state index in [2.05, 4.69) is 0 Å². The molecule has 0 unspecified atom stereocenters. The summed E-state index contributed by atoms with van der Waals surface area (Å²) in [6, 6.07) is 0. The molecule has 0 fully saturated rings. The van der Waals surface area contributed by atoms with Crippen molar-refractivity contribution in [3.05, 3.63) is 0 Å². The Morgan fingerprint density at radius 2 is 1.73 bits per heavy atom. The monoisotopic (exact) mass is 162 g/mol. The number of rotatable bonds is 5. The molecule has 4 heteroatoms. The summed E-state index contributed by atoms with van der Waals surface area (Å²) in [5.74, 6) is -0.509. The van der Waals surface area contributed by atoms with Crippen molar-refractivity contribution < 1.29 is 20.1 Å². The zero-order valence-corrected chi connectivity index (χ0v) is 6.58. The third kappa shape index (κ3) is 1.99. The second-order valence-electron chi connectivity index (χ2n) is 2.53. The van der Waals surface area contributed by atoms with Crippen LogP contribution < -0.4 is 0 Å². The molecule has 0 heterocycles. The van der Waals surface area contributed by atoms with Gasteiger partial charge in [-0.15, -0.1) is 0 Å². The average molecular weight is 162 g/mol. The van der Waals surface area contributed by atoms with Gasteiger partial charge in [0.15, 0.2) is 5.78 Å². The normalized spacial score (nSPS) is 11.6. The van der Waals surface area contributed by atoms with Gasteiger partial charge in [-0.2, -0.15) is 0 Å². The van der Waals surface area contributed by atoms with Crippen LogP contribution in [0.3, 0.4) is 0 Å². The van der Waals surface area contributed by atoms with Gasteiger partial charge in [0, 0.05) is 0 Å². The van der Waals surface area contributed by atoms with E-state index < -0.39 is 31.0 Å². The first kappa shape index (κ1) is 10.6. The van der Waals surface area contributed by atoms with Crippen LogP contribution in [0.1, 0.15) is 13.3 Å². The molecule has 0 aliphatic carbocycles. The van der Waals surface area contributed by atoms with Gasteiger partial charge < -0.3 is 15.3 Å². The Morgan fingerprint density at radius 1 is 1.27 bits per heavy atom. The van der Waals surface area contributed by atoms with Crippen LogP contribution in [-0.4, -0.2) is 40.9 Å². The number of aliphatic hydroxyl groups is 3. The summed E-state index contributed by atoms with van der Waals surface area (Å²) in [6.45, 7) is 0.216. The summed E-state index contributed by atoms with van der Waals surface area (Å²) in [4.78, 5) is 11.0. The highest BCUT2D eigenvalue weighted by Crippen LogP contribution is 2.21. The van der Waals surface area contributed by atoms with Gasteiger partial charge in [-0.05, 0) is 6.42 Å². The van der Waals surface area contributed by atoms with E-state index in [1.165, 1.54) is 0 Å². The molecule has 11 heavy (non-hydrogen) atoms. The number of carbonyl (C=O) groups excluding carboxylic acids is 1. The van der Waals surface area contributed by atoms with Gasteiger partial charge in [0.25, 0.3) is 0 Å². The van der Waals surface area contributed by atoms with Crippen molar-refractivity contribution in [3.8, 4) is 0 Å².